The van der Waals surface area contributed by atoms with Gasteiger partial charge in [-0.25, -0.2) is 0 Å². The highest BCUT2D eigenvalue weighted by atomic mass is 19.4. The zero-order valence-corrected chi connectivity index (χ0v) is 10.9. The van der Waals surface area contributed by atoms with Gasteiger partial charge in [-0.2, -0.15) is 13.2 Å². The van der Waals surface area contributed by atoms with Gasteiger partial charge in [0.05, 0.1) is 6.10 Å². The SMILES string of the molecule is CCNC1C(OC(C)C(F)(F)F)CCC1(C)C. The fourth-order valence-electron chi connectivity index (χ4n) is 2.45. The van der Waals surface area contributed by atoms with Crippen LogP contribution in [0.15, 0.2) is 0 Å². The molecular weight excluding hydrogens is 231 g/mol. The normalized spacial score (nSPS) is 30.5. The summed E-state index contributed by atoms with van der Waals surface area (Å²) in [4.78, 5) is 0. The molecule has 0 saturated heterocycles. The second-order valence-corrected chi connectivity index (χ2v) is 5.42. The molecule has 3 atom stereocenters. The Kier molecular flexibility index (Phi) is 4.47. The Hall–Kier alpha value is -0.290. The quantitative estimate of drug-likeness (QED) is 0.831. The van der Waals surface area contributed by atoms with Crippen LogP contribution in [-0.4, -0.2) is 31.0 Å². The van der Waals surface area contributed by atoms with E-state index in [1.165, 1.54) is 0 Å². The molecule has 1 fully saturated rings. The molecule has 5 heteroatoms. The molecule has 17 heavy (non-hydrogen) atoms. The van der Waals surface area contributed by atoms with Gasteiger partial charge in [0.2, 0.25) is 0 Å². The molecule has 0 heterocycles. The average molecular weight is 253 g/mol. The largest absolute Gasteiger partial charge is 0.414 e. The molecule has 0 radical (unpaired) electrons. The van der Waals surface area contributed by atoms with Crippen molar-refractivity contribution in [2.45, 2.75) is 65.0 Å². The molecule has 0 aromatic heterocycles. The molecule has 102 valence electrons. The summed E-state index contributed by atoms with van der Waals surface area (Å²) in [6.45, 7) is 7.92. The number of rotatable bonds is 4. The van der Waals surface area contributed by atoms with Gasteiger partial charge in [-0.3, -0.25) is 0 Å². The first-order valence-corrected chi connectivity index (χ1v) is 6.14. The first-order chi connectivity index (χ1) is 7.68. The van der Waals surface area contributed by atoms with Crippen molar-refractivity contribution in [3.05, 3.63) is 0 Å². The molecule has 0 spiro atoms. The molecule has 0 aliphatic heterocycles. The summed E-state index contributed by atoms with van der Waals surface area (Å²) < 4.78 is 42.6. The third kappa shape index (κ3) is 3.58. The van der Waals surface area contributed by atoms with Crippen molar-refractivity contribution in [2.75, 3.05) is 6.54 Å². The zero-order valence-electron chi connectivity index (χ0n) is 10.9. The van der Waals surface area contributed by atoms with Gasteiger partial charge >= 0.3 is 6.18 Å². The Labute approximate surface area is 101 Å². The maximum absolute atomic E-state index is 12.5. The first-order valence-electron chi connectivity index (χ1n) is 6.14. The highest BCUT2D eigenvalue weighted by molar-refractivity contribution is 4.97. The van der Waals surface area contributed by atoms with Gasteiger partial charge in [0.25, 0.3) is 0 Å². The molecule has 1 saturated carbocycles. The van der Waals surface area contributed by atoms with Gasteiger partial charge in [-0.05, 0) is 31.7 Å². The minimum atomic E-state index is -4.27. The van der Waals surface area contributed by atoms with Gasteiger partial charge in [0.15, 0.2) is 6.10 Å². The number of halogens is 3. The summed E-state index contributed by atoms with van der Waals surface area (Å²) in [5.41, 5.74) is -0.00794. The molecule has 1 rings (SSSR count). The molecule has 1 aliphatic carbocycles. The van der Waals surface area contributed by atoms with Crippen molar-refractivity contribution in [3.63, 3.8) is 0 Å². The van der Waals surface area contributed by atoms with Crippen LogP contribution in [0.3, 0.4) is 0 Å². The maximum Gasteiger partial charge on any atom is 0.414 e. The van der Waals surface area contributed by atoms with Crippen molar-refractivity contribution in [3.8, 4) is 0 Å². The Morgan fingerprint density at radius 3 is 2.47 bits per heavy atom. The summed E-state index contributed by atoms with van der Waals surface area (Å²) in [6.07, 6.45) is -4.74. The van der Waals surface area contributed by atoms with E-state index in [1.807, 2.05) is 6.92 Å². The lowest BCUT2D eigenvalue weighted by Gasteiger charge is -2.32. The molecule has 0 amide bonds. The molecular formula is C12H22F3NO. The molecule has 0 aromatic carbocycles. The van der Waals surface area contributed by atoms with Gasteiger partial charge in [0.1, 0.15) is 0 Å². The van der Waals surface area contributed by atoms with Gasteiger partial charge in [-0.1, -0.05) is 20.8 Å². The van der Waals surface area contributed by atoms with Crippen LogP contribution in [0.2, 0.25) is 0 Å². The molecule has 1 aliphatic rings. The average Bonchev–Trinajstić information content (AvgIpc) is 2.44. The van der Waals surface area contributed by atoms with Crippen molar-refractivity contribution in [2.24, 2.45) is 5.41 Å². The van der Waals surface area contributed by atoms with Gasteiger partial charge in [0, 0.05) is 6.04 Å². The lowest BCUT2D eigenvalue weighted by Crippen LogP contribution is -2.47. The number of hydrogen-bond donors (Lipinski definition) is 1. The van der Waals surface area contributed by atoms with Crippen LogP contribution in [-0.2, 0) is 4.74 Å². The molecule has 2 nitrogen and oxygen atoms in total. The predicted octanol–water partition coefficient (Wildman–Crippen LogP) is 3.12. The number of ether oxygens (including phenoxy) is 1. The summed E-state index contributed by atoms with van der Waals surface area (Å²) >= 11 is 0. The van der Waals surface area contributed by atoms with Crippen molar-refractivity contribution in [1.29, 1.82) is 0 Å². The lowest BCUT2D eigenvalue weighted by atomic mass is 9.87. The standard InChI is InChI=1S/C12H22F3NO/c1-5-16-10-9(6-7-11(10,3)4)17-8(2)12(13,14)15/h8-10,16H,5-7H2,1-4H3. The topological polar surface area (TPSA) is 21.3 Å². The van der Waals surface area contributed by atoms with Gasteiger partial charge in [-0.15, -0.1) is 0 Å². The predicted molar refractivity (Wildman–Crippen MR) is 60.9 cm³/mol. The minimum Gasteiger partial charge on any atom is -0.364 e. The van der Waals surface area contributed by atoms with E-state index < -0.39 is 12.3 Å². The highest BCUT2D eigenvalue weighted by Gasteiger charge is 2.46. The van der Waals surface area contributed by atoms with Crippen LogP contribution in [0.5, 0.6) is 0 Å². The van der Waals surface area contributed by atoms with E-state index in [-0.39, 0.29) is 17.6 Å². The maximum atomic E-state index is 12.5. The van der Waals surface area contributed by atoms with Gasteiger partial charge < -0.3 is 10.1 Å². The van der Waals surface area contributed by atoms with E-state index in [0.717, 1.165) is 19.9 Å². The third-order valence-corrected chi connectivity index (χ3v) is 3.55. The Morgan fingerprint density at radius 1 is 1.41 bits per heavy atom. The van der Waals surface area contributed by atoms with Crippen LogP contribution in [0.1, 0.15) is 40.5 Å². The van der Waals surface area contributed by atoms with Crippen LogP contribution in [0.4, 0.5) is 13.2 Å². The number of likely N-dealkylation sites (N-methyl/N-ethyl adjacent to an activating group) is 1. The van der Waals surface area contributed by atoms with E-state index >= 15 is 0 Å². The lowest BCUT2D eigenvalue weighted by molar-refractivity contribution is -0.228. The van der Waals surface area contributed by atoms with Crippen LogP contribution in [0, 0.1) is 5.41 Å². The van der Waals surface area contributed by atoms with Crippen LogP contribution in [0.25, 0.3) is 0 Å². The summed E-state index contributed by atoms with van der Waals surface area (Å²) in [5, 5.41) is 3.25. The van der Waals surface area contributed by atoms with E-state index in [2.05, 4.69) is 19.2 Å². The van der Waals surface area contributed by atoms with Crippen LogP contribution < -0.4 is 5.32 Å². The van der Waals surface area contributed by atoms with Crippen molar-refractivity contribution in [1.82, 2.24) is 5.32 Å². The molecule has 3 unspecified atom stereocenters. The second-order valence-electron chi connectivity index (χ2n) is 5.42. The highest BCUT2D eigenvalue weighted by Crippen LogP contribution is 2.40. The number of nitrogens with one attached hydrogen (secondary N) is 1. The second kappa shape index (κ2) is 5.14. The Morgan fingerprint density at radius 2 is 2.00 bits per heavy atom. The zero-order chi connectivity index (χ0) is 13.3. The molecule has 1 N–H and O–H groups in total. The van der Waals surface area contributed by atoms with E-state index in [4.69, 9.17) is 4.74 Å². The monoisotopic (exact) mass is 253 g/mol. The van der Waals surface area contributed by atoms with Crippen LogP contribution >= 0.6 is 0 Å². The number of hydrogen-bond acceptors (Lipinski definition) is 2. The summed E-state index contributed by atoms with van der Waals surface area (Å²) in [6, 6.07) is -0.00250. The van der Waals surface area contributed by atoms with Crippen molar-refractivity contribution < 1.29 is 17.9 Å². The molecule has 0 aromatic rings. The number of alkyl halides is 3. The fourth-order valence-corrected chi connectivity index (χ4v) is 2.45. The Balaban J connectivity index is 2.65. The van der Waals surface area contributed by atoms with E-state index in [1.54, 1.807) is 0 Å². The summed E-state index contributed by atoms with van der Waals surface area (Å²) in [7, 11) is 0. The molecule has 0 bridgehead atoms. The van der Waals surface area contributed by atoms with E-state index in [9.17, 15) is 13.2 Å². The third-order valence-electron chi connectivity index (χ3n) is 3.55. The minimum absolute atomic E-state index is 0.00250. The Bertz CT molecular complexity index is 253. The summed E-state index contributed by atoms with van der Waals surface area (Å²) in [5.74, 6) is 0. The fraction of sp³-hybridized carbons (Fsp3) is 1.00. The van der Waals surface area contributed by atoms with E-state index in [0.29, 0.717) is 6.42 Å². The van der Waals surface area contributed by atoms with Crippen molar-refractivity contribution >= 4 is 0 Å². The smallest absolute Gasteiger partial charge is 0.364 e. The first kappa shape index (κ1) is 14.8.